The molecule has 2 atom stereocenters. The number of hydrogen-bond acceptors (Lipinski definition) is 1. The number of piperidine rings is 1. The number of hydrogen-bond donors (Lipinski definition) is 2. The van der Waals surface area contributed by atoms with Crippen LogP contribution < -0.4 is 5.32 Å². The van der Waals surface area contributed by atoms with E-state index in [4.69, 9.17) is 5.11 Å². The van der Waals surface area contributed by atoms with Gasteiger partial charge in [0, 0.05) is 12.3 Å². The van der Waals surface area contributed by atoms with Crippen molar-refractivity contribution in [3.63, 3.8) is 0 Å². The molecule has 0 spiro atoms. The molecule has 1 heterocycles. The second-order valence-electron chi connectivity index (χ2n) is 3.72. The Hall–Kier alpha value is -0.570. The average Bonchev–Trinajstić information content (AvgIpc) is 1.91. The maximum Gasteiger partial charge on any atom is 0.365 e. The molecule has 11 heavy (non-hydrogen) atoms. The summed E-state index contributed by atoms with van der Waals surface area (Å²) >= 11 is 0. The third kappa shape index (κ3) is 0.805. The van der Waals surface area contributed by atoms with Gasteiger partial charge in [-0.3, -0.25) is 0 Å². The van der Waals surface area contributed by atoms with Gasteiger partial charge in [0.2, 0.25) is 0 Å². The fraction of sp³-hybridized carbons (Fsp3) is 0.875. The maximum atomic E-state index is 10.9. The zero-order valence-electron chi connectivity index (χ0n) is 6.55. The van der Waals surface area contributed by atoms with Crippen LogP contribution in [0.3, 0.4) is 0 Å². The van der Waals surface area contributed by atoms with Crippen molar-refractivity contribution >= 4 is 5.97 Å². The van der Waals surface area contributed by atoms with Gasteiger partial charge in [-0.1, -0.05) is 0 Å². The summed E-state index contributed by atoms with van der Waals surface area (Å²) in [5.41, 5.74) is -0.391. The lowest BCUT2D eigenvalue weighted by Gasteiger charge is -2.46. The zero-order chi connectivity index (χ0) is 7.90. The Kier molecular flexibility index (Phi) is 1.42. The Morgan fingerprint density at radius 3 is 2.73 bits per heavy atom. The highest BCUT2D eigenvalue weighted by Gasteiger charge is 2.57. The van der Waals surface area contributed by atoms with Gasteiger partial charge >= 0.3 is 5.97 Å². The number of fused-ring (bicyclic) bond motifs is 1. The van der Waals surface area contributed by atoms with E-state index >= 15 is 0 Å². The lowest BCUT2D eigenvalue weighted by Crippen LogP contribution is -3.04. The number of carboxylic acid groups (broad SMARTS) is 1. The van der Waals surface area contributed by atoms with E-state index < -0.39 is 11.5 Å². The molecule has 3 heteroatoms. The third-order valence-electron chi connectivity index (χ3n) is 3.30. The van der Waals surface area contributed by atoms with Crippen LogP contribution in [-0.2, 0) is 4.79 Å². The van der Waals surface area contributed by atoms with Crippen molar-refractivity contribution in [1.82, 2.24) is 0 Å². The smallest absolute Gasteiger partial charge is 0.365 e. The van der Waals surface area contributed by atoms with Gasteiger partial charge in [-0.25, -0.2) is 4.79 Å². The van der Waals surface area contributed by atoms with E-state index in [-0.39, 0.29) is 0 Å². The van der Waals surface area contributed by atoms with Crippen molar-refractivity contribution in [1.29, 1.82) is 0 Å². The molecule has 0 bridgehead atoms. The summed E-state index contributed by atoms with van der Waals surface area (Å²) in [6.07, 6.45) is 4.33. The van der Waals surface area contributed by atoms with E-state index in [1.807, 2.05) is 5.32 Å². The molecular weight excluding hydrogens is 142 g/mol. The Balaban J connectivity index is 2.15. The van der Waals surface area contributed by atoms with Gasteiger partial charge in [-0.15, -0.1) is 0 Å². The van der Waals surface area contributed by atoms with Gasteiger partial charge < -0.3 is 10.4 Å². The first-order valence-electron chi connectivity index (χ1n) is 4.33. The number of rotatable bonds is 1. The summed E-state index contributed by atoms with van der Waals surface area (Å²) in [6, 6.07) is 0. The fourth-order valence-corrected chi connectivity index (χ4v) is 2.42. The van der Waals surface area contributed by atoms with Crippen molar-refractivity contribution in [3.05, 3.63) is 0 Å². The van der Waals surface area contributed by atoms with Gasteiger partial charge in [0.05, 0.1) is 6.54 Å². The quantitative estimate of drug-likeness (QED) is 0.541. The first-order chi connectivity index (χ1) is 5.26. The zero-order valence-corrected chi connectivity index (χ0v) is 6.55. The predicted molar refractivity (Wildman–Crippen MR) is 39.1 cm³/mol. The van der Waals surface area contributed by atoms with Crippen LogP contribution in [0.4, 0.5) is 0 Å². The lowest BCUT2D eigenvalue weighted by atomic mass is 9.63. The van der Waals surface area contributed by atoms with Crippen LogP contribution in [0.15, 0.2) is 0 Å². The number of aliphatic carboxylic acids is 1. The topological polar surface area (TPSA) is 53.9 Å². The van der Waals surface area contributed by atoms with Crippen molar-refractivity contribution in [2.45, 2.75) is 31.2 Å². The summed E-state index contributed by atoms with van der Waals surface area (Å²) in [7, 11) is 0. The predicted octanol–water partition coefficient (Wildman–Crippen LogP) is -0.423. The average molecular weight is 156 g/mol. The van der Waals surface area contributed by atoms with Gasteiger partial charge in [0.25, 0.3) is 0 Å². The molecule has 1 aliphatic heterocycles. The number of carbonyl (C=O) groups is 1. The van der Waals surface area contributed by atoms with E-state index in [0.29, 0.717) is 5.92 Å². The first-order valence-corrected chi connectivity index (χ1v) is 4.33. The van der Waals surface area contributed by atoms with Crippen molar-refractivity contribution in [3.8, 4) is 0 Å². The van der Waals surface area contributed by atoms with Crippen molar-refractivity contribution in [2.75, 3.05) is 6.54 Å². The molecule has 0 aromatic carbocycles. The highest BCUT2D eigenvalue weighted by molar-refractivity contribution is 5.78. The Morgan fingerprint density at radius 1 is 1.55 bits per heavy atom. The van der Waals surface area contributed by atoms with Crippen LogP contribution >= 0.6 is 0 Å². The van der Waals surface area contributed by atoms with Crippen LogP contribution in [0.1, 0.15) is 25.7 Å². The largest absolute Gasteiger partial charge is 0.477 e. The molecule has 0 amide bonds. The molecule has 1 saturated heterocycles. The molecule has 2 rings (SSSR count). The minimum absolute atomic E-state index is 0.391. The molecule has 1 aliphatic carbocycles. The summed E-state index contributed by atoms with van der Waals surface area (Å²) in [5.74, 6) is -0.123. The van der Waals surface area contributed by atoms with Crippen LogP contribution in [0.25, 0.3) is 0 Å². The van der Waals surface area contributed by atoms with Crippen molar-refractivity contribution in [2.24, 2.45) is 5.92 Å². The molecule has 0 aromatic heterocycles. The molecule has 3 nitrogen and oxygen atoms in total. The Labute approximate surface area is 65.8 Å². The van der Waals surface area contributed by atoms with Crippen LogP contribution in [0.5, 0.6) is 0 Å². The Bertz CT molecular complexity index is 193. The Morgan fingerprint density at radius 2 is 2.36 bits per heavy atom. The van der Waals surface area contributed by atoms with E-state index in [1.54, 1.807) is 0 Å². The minimum Gasteiger partial charge on any atom is -0.477 e. The second kappa shape index (κ2) is 2.21. The van der Waals surface area contributed by atoms with E-state index in [0.717, 1.165) is 25.8 Å². The maximum absolute atomic E-state index is 10.9. The van der Waals surface area contributed by atoms with E-state index in [2.05, 4.69) is 0 Å². The molecule has 2 fully saturated rings. The third-order valence-corrected chi connectivity index (χ3v) is 3.30. The van der Waals surface area contributed by atoms with E-state index in [9.17, 15) is 4.79 Å². The normalized spacial score (nSPS) is 42.4. The number of quaternary nitrogens is 1. The molecule has 1 saturated carbocycles. The molecule has 0 radical (unpaired) electrons. The molecule has 2 unspecified atom stereocenters. The van der Waals surface area contributed by atoms with Gasteiger partial charge in [0.1, 0.15) is 0 Å². The van der Waals surface area contributed by atoms with Crippen LogP contribution in [0, 0.1) is 5.92 Å². The van der Waals surface area contributed by atoms with Crippen LogP contribution in [0.2, 0.25) is 0 Å². The van der Waals surface area contributed by atoms with E-state index in [1.165, 1.54) is 6.42 Å². The standard InChI is InChI=1S/C8H13NO2/c10-7(11)8-4-3-6(8)2-1-5-9-8/h6,9H,1-5H2,(H,10,11)/p+1. The summed E-state index contributed by atoms with van der Waals surface area (Å²) in [6.45, 7) is 1.00. The summed E-state index contributed by atoms with van der Waals surface area (Å²) < 4.78 is 0. The van der Waals surface area contributed by atoms with Gasteiger partial charge in [-0.2, -0.15) is 0 Å². The molecule has 62 valence electrons. The minimum atomic E-state index is -0.589. The van der Waals surface area contributed by atoms with Crippen LogP contribution in [-0.4, -0.2) is 23.2 Å². The summed E-state index contributed by atoms with van der Waals surface area (Å²) in [4.78, 5) is 10.9. The lowest BCUT2D eigenvalue weighted by molar-refractivity contribution is -0.742. The number of nitrogens with two attached hydrogens (primary N) is 1. The number of carboxylic acids is 1. The second-order valence-corrected chi connectivity index (χ2v) is 3.72. The molecule has 2 aliphatic rings. The molecular formula is C8H14NO2+. The van der Waals surface area contributed by atoms with Crippen molar-refractivity contribution < 1.29 is 15.2 Å². The monoisotopic (exact) mass is 156 g/mol. The SMILES string of the molecule is O=C(O)C12CCC1CCC[NH2+]2. The van der Waals surface area contributed by atoms with Gasteiger partial charge in [-0.05, 0) is 19.3 Å². The first kappa shape index (κ1) is 7.10. The highest BCUT2D eigenvalue weighted by atomic mass is 16.4. The van der Waals surface area contributed by atoms with Gasteiger partial charge in [0.15, 0.2) is 5.54 Å². The molecule has 0 aromatic rings. The highest BCUT2D eigenvalue weighted by Crippen LogP contribution is 2.40. The molecule has 3 N–H and O–H groups in total. The summed E-state index contributed by atoms with van der Waals surface area (Å²) in [5, 5.41) is 11.0. The fourth-order valence-electron chi connectivity index (χ4n) is 2.42.